The number of benzene rings is 2. The summed E-state index contributed by atoms with van der Waals surface area (Å²) in [5, 5.41) is 5.07. The minimum absolute atomic E-state index is 0.235. The Morgan fingerprint density at radius 3 is 2.69 bits per heavy atom. The van der Waals surface area contributed by atoms with Crippen molar-refractivity contribution < 1.29 is 12.8 Å². The number of fused-ring (bicyclic) bond motifs is 1. The number of rotatable bonds is 9. The molecule has 3 aromatic heterocycles. The second kappa shape index (κ2) is 9.90. The van der Waals surface area contributed by atoms with Crippen molar-refractivity contribution in [3.05, 3.63) is 84.3 Å². The normalized spacial score (nSPS) is 11.7. The average Bonchev–Trinajstić information content (AvgIpc) is 3.46. The summed E-state index contributed by atoms with van der Waals surface area (Å²) >= 11 is 1.48. The maximum atomic E-state index is 13.9. The number of nitrogens with one attached hydrogen (secondary N) is 2. The van der Waals surface area contributed by atoms with Gasteiger partial charge in [-0.1, -0.05) is 30.3 Å². The molecule has 0 aliphatic carbocycles. The molecule has 0 atom stereocenters. The molecular weight excluding hydrogens is 487 g/mol. The van der Waals surface area contributed by atoms with E-state index in [9.17, 15) is 12.8 Å². The van der Waals surface area contributed by atoms with Gasteiger partial charge in [0.25, 0.3) is 0 Å². The first-order valence-corrected chi connectivity index (χ1v) is 13.2. The molecule has 35 heavy (non-hydrogen) atoms. The van der Waals surface area contributed by atoms with Gasteiger partial charge in [-0.05, 0) is 36.8 Å². The first-order valence-electron chi connectivity index (χ1n) is 10.8. The summed E-state index contributed by atoms with van der Waals surface area (Å²) < 4.78 is 43.0. The van der Waals surface area contributed by atoms with Gasteiger partial charge in [0.15, 0.2) is 4.96 Å². The van der Waals surface area contributed by atoms with E-state index in [4.69, 9.17) is 4.98 Å². The van der Waals surface area contributed by atoms with Crippen LogP contribution in [0.1, 0.15) is 6.42 Å². The Hall–Kier alpha value is -3.67. The fourth-order valence-corrected chi connectivity index (χ4v) is 5.43. The Morgan fingerprint density at radius 1 is 1.00 bits per heavy atom. The van der Waals surface area contributed by atoms with Crippen LogP contribution >= 0.6 is 11.3 Å². The lowest BCUT2D eigenvalue weighted by Crippen LogP contribution is -2.26. The van der Waals surface area contributed by atoms with E-state index in [-0.39, 0.29) is 17.3 Å². The standard InChI is InChI=1S/C24H21FN6O2S2/c25-18-7-4-6-17(16-18)21-22(31-14-15-34-24(31)30-21)20-10-13-27-23(29-20)26-11-5-12-28-35(32,33)19-8-2-1-3-9-19/h1-4,6-10,13-16,28H,5,11-12H2,(H,26,27,29). The highest BCUT2D eigenvalue weighted by Gasteiger charge is 2.19. The Morgan fingerprint density at radius 2 is 1.86 bits per heavy atom. The van der Waals surface area contributed by atoms with Crippen LogP contribution in [-0.4, -0.2) is 40.9 Å². The van der Waals surface area contributed by atoms with Gasteiger partial charge in [-0.2, -0.15) is 0 Å². The number of anilines is 1. The minimum Gasteiger partial charge on any atom is -0.354 e. The van der Waals surface area contributed by atoms with Crippen molar-refractivity contribution in [2.75, 3.05) is 18.4 Å². The number of sulfonamides is 1. The first-order chi connectivity index (χ1) is 17.0. The third kappa shape index (κ3) is 5.06. The summed E-state index contributed by atoms with van der Waals surface area (Å²) in [7, 11) is -3.54. The van der Waals surface area contributed by atoms with Crippen molar-refractivity contribution in [3.8, 4) is 22.6 Å². The van der Waals surface area contributed by atoms with Crippen LogP contribution in [-0.2, 0) is 10.0 Å². The summed E-state index contributed by atoms with van der Waals surface area (Å²) in [6, 6.07) is 16.3. The number of imidazole rings is 1. The molecule has 0 saturated heterocycles. The van der Waals surface area contributed by atoms with Gasteiger partial charge in [-0.3, -0.25) is 4.40 Å². The zero-order valence-electron chi connectivity index (χ0n) is 18.4. The second-order valence-corrected chi connectivity index (χ2v) is 10.3. The summed E-state index contributed by atoms with van der Waals surface area (Å²) in [6.07, 6.45) is 4.08. The molecule has 0 radical (unpaired) electrons. The minimum atomic E-state index is -3.54. The van der Waals surface area contributed by atoms with Gasteiger partial charge in [0.2, 0.25) is 16.0 Å². The highest BCUT2D eigenvalue weighted by atomic mass is 32.2. The fraction of sp³-hybridized carbons (Fsp3) is 0.125. The summed E-state index contributed by atoms with van der Waals surface area (Å²) in [5.74, 6) is 0.0709. The van der Waals surface area contributed by atoms with E-state index in [0.29, 0.717) is 35.9 Å². The lowest BCUT2D eigenvalue weighted by Gasteiger charge is -2.09. The number of thiazole rings is 1. The summed E-state index contributed by atoms with van der Waals surface area (Å²) in [6.45, 7) is 0.740. The first kappa shape index (κ1) is 23.1. The number of hydrogen-bond donors (Lipinski definition) is 2. The lowest BCUT2D eigenvalue weighted by molar-refractivity contribution is 0.580. The molecule has 0 saturated carbocycles. The molecule has 3 heterocycles. The van der Waals surface area contributed by atoms with Gasteiger partial charge in [0.05, 0.1) is 16.3 Å². The molecule has 0 fully saturated rings. The van der Waals surface area contributed by atoms with Crippen LogP contribution in [0.2, 0.25) is 0 Å². The molecule has 11 heteroatoms. The van der Waals surface area contributed by atoms with Gasteiger partial charge >= 0.3 is 0 Å². The second-order valence-electron chi connectivity index (χ2n) is 7.63. The Kier molecular flexibility index (Phi) is 6.53. The maximum Gasteiger partial charge on any atom is 0.240 e. The van der Waals surface area contributed by atoms with E-state index in [0.717, 1.165) is 10.7 Å². The smallest absolute Gasteiger partial charge is 0.240 e. The lowest BCUT2D eigenvalue weighted by atomic mass is 10.1. The Labute approximate surface area is 205 Å². The molecule has 0 spiro atoms. The van der Waals surface area contributed by atoms with Crippen LogP contribution in [0.3, 0.4) is 0 Å². The fourth-order valence-electron chi connectivity index (χ4n) is 3.62. The highest BCUT2D eigenvalue weighted by Crippen LogP contribution is 2.33. The van der Waals surface area contributed by atoms with Crippen molar-refractivity contribution in [2.45, 2.75) is 11.3 Å². The molecule has 0 aliphatic rings. The van der Waals surface area contributed by atoms with Gasteiger partial charge < -0.3 is 5.32 Å². The van der Waals surface area contributed by atoms with Gasteiger partial charge in [-0.15, -0.1) is 11.3 Å². The molecule has 0 aliphatic heterocycles. The largest absolute Gasteiger partial charge is 0.354 e. The number of nitrogens with zero attached hydrogens (tertiary/aromatic N) is 4. The van der Waals surface area contributed by atoms with Crippen LogP contribution in [0, 0.1) is 5.82 Å². The molecule has 0 bridgehead atoms. The Balaban J connectivity index is 1.30. The molecule has 8 nitrogen and oxygen atoms in total. The van der Waals surface area contributed by atoms with Gasteiger partial charge in [-0.25, -0.2) is 32.5 Å². The average molecular weight is 509 g/mol. The molecule has 2 aromatic carbocycles. The molecule has 0 amide bonds. The zero-order chi connectivity index (χ0) is 24.3. The topological polar surface area (TPSA) is 101 Å². The Bertz CT molecular complexity index is 1570. The van der Waals surface area contributed by atoms with Crippen molar-refractivity contribution in [3.63, 3.8) is 0 Å². The SMILES string of the molecule is O=S(=O)(NCCCNc1nccc(-c2c(-c3cccc(F)c3)nc3sccn23)n1)c1ccccc1. The summed E-state index contributed by atoms with van der Waals surface area (Å²) in [5.41, 5.74) is 2.68. The van der Waals surface area contributed by atoms with Crippen LogP contribution in [0.5, 0.6) is 0 Å². The molecular formula is C24H21FN6O2S2. The quantitative estimate of drug-likeness (QED) is 0.286. The maximum absolute atomic E-state index is 13.9. The number of halogens is 1. The van der Waals surface area contributed by atoms with E-state index < -0.39 is 10.0 Å². The molecule has 0 unspecified atom stereocenters. The van der Waals surface area contributed by atoms with Crippen LogP contribution < -0.4 is 10.0 Å². The third-order valence-corrected chi connectivity index (χ3v) is 7.47. The third-order valence-electron chi connectivity index (χ3n) is 5.24. The predicted molar refractivity (Wildman–Crippen MR) is 134 cm³/mol. The van der Waals surface area contributed by atoms with Crippen LogP contribution in [0.4, 0.5) is 10.3 Å². The summed E-state index contributed by atoms with van der Waals surface area (Å²) in [4.78, 5) is 14.6. The molecule has 2 N–H and O–H groups in total. The van der Waals surface area contributed by atoms with Crippen LogP contribution in [0.25, 0.3) is 27.6 Å². The van der Waals surface area contributed by atoms with E-state index >= 15 is 0 Å². The predicted octanol–water partition coefficient (Wildman–Crippen LogP) is 4.44. The molecule has 5 rings (SSSR count). The highest BCUT2D eigenvalue weighted by molar-refractivity contribution is 7.89. The van der Waals surface area contributed by atoms with Crippen molar-refractivity contribution in [2.24, 2.45) is 0 Å². The van der Waals surface area contributed by atoms with Gasteiger partial charge in [0.1, 0.15) is 11.5 Å². The monoisotopic (exact) mass is 508 g/mol. The van der Waals surface area contributed by atoms with E-state index in [1.54, 1.807) is 48.7 Å². The van der Waals surface area contributed by atoms with Crippen molar-refractivity contribution >= 4 is 32.3 Å². The molecule has 5 aromatic rings. The van der Waals surface area contributed by atoms with Crippen LogP contribution in [0.15, 0.2) is 83.3 Å². The van der Waals surface area contributed by atoms with Gasteiger partial charge in [0, 0.05) is 36.4 Å². The molecule has 178 valence electrons. The van der Waals surface area contributed by atoms with Crippen molar-refractivity contribution in [1.29, 1.82) is 0 Å². The van der Waals surface area contributed by atoms with E-state index in [2.05, 4.69) is 20.0 Å². The van der Waals surface area contributed by atoms with Crippen molar-refractivity contribution in [1.82, 2.24) is 24.1 Å². The van der Waals surface area contributed by atoms with E-state index in [1.165, 1.54) is 23.5 Å². The zero-order valence-corrected chi connectivity index (χ0v) is 20.1. The van der Waals surface area contributed by atoms with E-state index in [1.807, 2.05) is 22.0 Å². The number of aromatic nitrogens is 4. The number of hydrogen-bond acceptors (Lipinski definition) is 7.